The molecule has 0 atom stereocenters. The molecule has 0 aromatic heterocycles. The normalized spacial score (nSPS) is 13.0. The van der Waals surface area contributed by atoms with Gasteiger partial charge >= 0.3 is 12.0 Å². The molecule has 0 spiro atoms. The van der Waals surface area contributed by atoms with Gasteiger partial charge in [0.05, 0.1) is 27.8 Å². The Balaban J connectivity index is 2.01. The molecule has 3 aromatic carbocycles. The fourth-order valence-corrected chi connectivity index (χ4v) is 4.34. The first-order valence-electron chi connectivity index (χ1n) is 9.32. The Kier molecular flexibility index (Phi) is 5.41. The van der Waals surface area contributed by atoms with Gasteiger partial charge in [0.1, 0.15) is 0 Å². The van der Waals surface area contributed by atoms with Crippen LogP contribution in [0.3, 0.4) is 0 Å². The second kappa shape index (κ2) is 8.01. The van der Waals surface area contributed by atoms with E-state index in [1.54, 1.807) is 24.3 Å². The number of carboxylic acid groups (broad SMARTS) is 1. The number of carbonyl (C=O) groups is 2. The lowest BCUT2D eigenvalue weighted by Gasteiger charge is -2.33. The van der Waals surface area contributed by atoms with Crippen molar-refractivity contribution in [1.82, 2.24) is 5.32 Å². The van der Waals surface area contributed by atoms with Crippen molar-refractivity contribution in [2.75, 3.05) is 4.90 Å². The lowest BCUT2D eigenvalue weighted by atomic mass is 9.90. The van der Waals surface area contributed by atoms with Crippen LogP contribution >= 0.6 is 23.2 Å². The number of amides is 2. The second-order valence-electron chi connectivity index (χ2n) is 7.09. The largest absolute Gasteiger partial charge is 0.481 e. The molecule has 0 fully saturated rings. The summed E-state index contributed by atoms with van der Waals surface area (Å²) in [7, 11) is 0. The molecule has 3 aromatic rings. The first kappa shape index (κ1) is 20.3. The summed E-state index contributed by atoms with van der Waals surface area (Å²) < 4.78 is 0. The fraction of sp³-hybridized carbons (Fsp3) is 0.130. The van der Waals surface area contributed by atoms with Crippen molar-refractivity contribution < 1.29 is 14.7 Å². The molecule has 1 heterocycles. The number of anilines is 2. The number of rotatable bonds is 4. The highest BCUT2D eigenvalue weighted by atomic mass is 35.5. The van der Waals surface area contributed by atoms with Crippen LogP contribution in [0.5, 0.6) is 0 Å². The number of fused-ring (bicyclic) bond motifs is 1. The van der Waals surface area contributed by atoms with Crippen LogP contribution in [-0.4, -0.2) is 17.1 Å². The number of nitrogens with one attached hydrogen (secondary N) is 1. The molecule has 0 unspecified atom stereocenters. The third kappa shape index (κ3) is 3.62. The number of hydrogen-bond donors (Lipinski definition) is 2. The molecule has 30 heavy (non-hydrogen) atoms. The van der Waals surface area contributed by atoms with Gasteiger partial charge in [-0.3, -0.25) is 9.69 Å². The number of halogens is 2. The van der Waals surface area contributed by atoms with E-state index in [9.17, 15) is 14.7 Å². The number of hydrogen-bond acceptors (Lipinski definition) is 2. The summed E-state index contributed by atoms with van der Waals surface area (Å²) in [5.41, 5.74) is 5.29. The van der Waals surface area contributed by atoms with Gasteiger partial charge < -0.3 is 10.4 Å². The maximum Gasteiger partial charge on any atom is 0.326 e. The van der Waals surface area contributed by atoms with Crippen LogP contribution in [0.25, 0.3) is 11.1 Å². The molecule has 2 amide bonds. The standard InChI is InChI=1S/C23H18Cl2N2O3/c1-13-5-2-3-6-15(13)16-9-14(11-21(28)29)10-20-17(16)12-26-23(30)27(20)22-18(24)7-4-8-19(22)25/h2-10H,11-12H2,1H3,(H,26,30)(H,28,29). The minimum Gasteiger partial charge on any atom is -0.481 e. The van der Waals surface area contributed by atoms with Crippen LogP contribution in [0.2, 0.25) is 10.0 Å². The molecule has 1 aliphatic heterocycles. The minimum absolute atomic E-state index is 0.169. The average molecular weight is 441 g/mol. The van der Waals surface area contributed by atoms with Crippen LogP contribution < -0.4 is 10.2 Å². The zero-order chi connectivity index (χ0) is 21.4. The van der Waals surface area contributed by atoms with E-state index >= 15 is 0 Å². The number of nitrogens with zero attached hydrogens (tertiary/aromatic N) is 1. The number of benzene rings is 3. The van der Waals surface area contributed by atoms with E-state index < -0.39 is 5.97 Å². The second-order valence-corrected chi connectivity index (χ2v) is 7.91. The van der Waals surface area contributed by atoms with E-state index in [1.165, 1.54) is 4.90 Å². The topological polar surface area (TPSA) is 69.6 Å². The van der Waals surface area contributed by atoms with Crippen molar-refractivity contribution in [3.8, 4) is 11.1 Å². The number of aryl methyl sites for hydroxylation is 1. The molecule has 5 nitrogen and oxygen atoms in total. The molecule has 4 rings (SSSR count). The molecule has 0 bridgehead atoms. The Labute approximate surface area is 183 Å². The van der Waals surface area contributed by atoms with E-state index in [0.29, 0.717) is 33.5 Å². The average Bonchev–Trinajstić information content (AvgIpc) is 2.69. The smallest absolute Gasteiger partial charge is 0.326 e. The molecule has 0 radical (unpaired) electrons. The Hall–Kier alpha value is -3.02. The molecular formula is C23H18Cl2N2O3. The van der Waals surface area contributed by atoms with E-state index in [0.717, 1.165) is 22.3 Å². The SMILES string of the molecule is Cc1ccccc1-c1cc(CC(=O)O)cc2c1CNC(=O)N2c1c(Cl)cccc1Cl. The van der Waals surface area contributed by atoms with Crippen LogP contribution in [0, 0.1) is 6.92 Å². The first-order valence-corrected chi connectivity index (χ1v) is 10.1. The summed E-state index contributed by atoms with van der Waals surface area (Å²) in [6, 6.07) is 16.1. The van der Waals surface area contributed by atoms with Crippen LogP contribution in [0.4, 0.5) is 16.2 Å². The summed E-state index contributed by atoms with van der Waals surface area (Å²) in [5, 5.41) is 12.9. The number of urea groups is 1. The molecule has 0 saturated heterocycles. The van der Waals surface area contributed by atoms with Gasteiger partial charge in [0, 0.05) is 12.1 Å². The van der Waals surface area contributed by atoms with E-state index in [4.69, 9.17) is 23.2 Å². The van der Waals surface area contributed by atoms with Gasteiger partial charge in [-0.2, -0.15) is 0 Å². The number of aliphatic carboxylic acids is 1. The number of carbonyl (C=O) groups excluding carboxylic acids is 1. The highest BCUT2D eigenvalue weighted by Crippen LogP contribution is 2.44. The van der Waals surface area contributed by atoms with Gasteiger partial charge in [-0.25, -0.2) is 4.79 Å². The third-order valence-electron chi connectivity index (χ3n) is 5.10. The van der Waals surface area contributed by atoms with Gasteiger partial charge in [0.15, 0.2) is 0 Å². The van der Waals surface area contributed by atoms with E-state index in [2.05, 4.69) is 5.32 Å². The predicted molar refractivity (Wildman–Crippen MR) is 119 cm³/mol. The molecule has 152 valence electrons. The zero-order valence-electron chi connectivity index (χ0n) is 16.1. The molecule has 0 aliphatic carbocycles. The first-order chi connectivity index (χ1) is 14.4. The summed E-state index contributed by atoms with van der Waals surface area (Å²) in [6.45, 7) is 2.31. The van der Waals surface area contributed by atoms with Gasteiger partial charge in [-0.15, -0.1) is 0 Å². The number of para-hydroxylation sites is 1. The van der Waals surface area contributed by atoms with E-state index in [1.807, 2.05) is 37.3 Å². The summed E-state index contributed by atoms with van der Waals surface area (Å²) in [6.07, 6.45) is -0.169. The van der Waals surface area contributed by atoms with Gasteiger partial charge in [0.2, 0.25) is 0 Å². The summed E-state index contributed by atoms with van der Waals surface area (Å²) in [5.74, 6) is -0.951. The molecular weight excluding hydrogens is 423 g/mol. The van der Waals surface area contributed by atoms with Gasteiger partial charge in [-0.05, 0) is 47.4 Å². The fourth-order valence-electron chi connectivity index (χ4n) is 3.77. The van der Waals surface area contributed by atoms with Gasteiger partial charge in [-0.1, -0.05) is 59.6 Å². The Bertz CT molecular complexity index is 1160. The predicted octanol–water partition coefficient (Wildman–Crippen LogP) is 5.96. The Morgan fingerprint density at radius 3 is 2.43 bits per heavy atom. The molecule has 0 saturated carbocycles. The third-order valence-corrected chi connectivity index (χ3v) is 5.71. The van der Waals surface area contributed by atoms with E-state index in [-0.39, 0.29) is 12.5 Å². The van der Waals surface area contributed by atoms with Crippen molar-refractivity contribution in [1.29, 1.82) is 0 Å². The quantitative estimate of drug-likeness (QED) is 0.525. The lowest BCUT2D eigenvalue weighted by Crippen LogP contribution is -2.41. The zero-order valence-corrected chi connectivity index (χ0v) is 17.6. The highest BCUT2D eigenvalue weighted by Gasteiger charge is 2.31. The molecule has 1 aliphatic rings. The minimum atomic E-state index is -0.951. The van der Waals surface area contributed by atoms with Crippen molar-refractivity contribution in [2.24, 2.45) is 0 Å². The number of carboxylic acids is 1. The van der Waals surface area contributed by atoms with Gasteiger partial charge in [0.25, 0.3) is 0 Å². The Morgan fingerprint density at radius 1 is 1.07 bits per heavy atom. The van der Waals surface area contributed by atoms with Crippen molar-refractivity contribution in [3.63, 3.8) is 0 Å². The summed E-state index contributed by atoms with van der Waals surface area (Å²) >= 11 is 12.8. The van der Waals surface area contributed by atoms with Crippen LogP contribution in [0.15, 0.2) is 54.6 Å². The van der Waals surface area contributed by atoms with Crippen molar-refractivity contribution >= 4 is 46.6 Å². The summed E-state index contributed by atoms with van der Waals surface area (Å²) in [4.78, 5) is 25.8. The van der Waals surface area contributed by atoms with Crippen molar-refractivity contribution in [2.45, 2.75) is 19.9 Å². The molecule has 2 N–H and O–H groups in total. The maximum atomic E-state index is 12.9. The van der Waals surface area contributed by atoms with Crippen LogP contribution in [0.1, 0.15) is 16.7 Å². The molecule has 7 heteroatoms. The van der Waals surface area contributed by atoms with Crippen LogP contribution in [-0.2, 0) is 17.8 Å². The maximum absolute atomic E-state index is 12.9. The monoisotopic (exact) mass is 440 g/mol. The highest BCUT2D eigenvalue weighted by molar-refractivity contribution is 6.40. The Morgan fingerprint density at radius 2 is 1.77 bits per heavy atom. The van der Waals surface area contributed by atoms with Crippen molar-refractivity contribution in [3.05, 3.63) is 81.3 Å². The lowest BCUT2D eigenvalue weighted by molar-refractivity contribution is -0.136.